The molecule has 0 saturated heterocycles. The molecular weight excluding hydrogens is 407 g/mol. The van der Waals surface area contributed by atoms with Gasteiger partial charge in [0, 0.05) is 6.54 Å². The first-order valence-electron chi connectivity index (χ1n) is 8.41. The number of rotatable bonds is 7. The van der Waals surface area contributed by atoms with Crippen molar-refractivity contribution < 1.29 is 13.2 Å². The van der Waals surface area contributed by atoms with Crippen LogP contribution in [0.1, 0.15) is 24.5 Å². The Hall–Kier alpha value is -1.76. The van der Waals surface area contributed by atoms with E-state index in [0.717, 1.165) is 21.7 Å². The first-order valence-corrected chi connectivity index (χ1v) is 11.0. The molecule has 1 N–H and O–H groups in total. The average Bonchev–Trinajstić information content (AvgIpc) is 2.60. The maximum atomic E-state index is 12.8. The van der Waals surface area contributed by atoms with Crippen LogP contribution in [0.25, 0.3) is 0 Å². The van der Waals surface area contributed by atoms with Gasteiger partial charge in [-0.1, -0.05) is 54.4 Å². The molecular formula is C19H22Cl2N2O3S. The lowest BCUT2D eigenvalue weighted by Gasteiger charge is -2.30. The fourth-order valence-electron chi connectivity index (χ4n) is 2.79. The Labute approximate surface area is 170 Å². The van der Waals surface area contributed by atoms with E-state index in [2.05, 4.69) is 5.32 Å². The first kappa shape index (κ1) is 21.5. The highest BCUT2D eigenvalue weighted by molar-refractivity contribution is 7.92. The molecule has 2 aromatic rings. The van der Waals surface area contributed by atoms with Crippen LogP contribution in [0.3, 0.4) is 0 Å². The highest BCUT2D eigenvalue weighted by Gasteiger charge is 2.31. The van der Waals surface area contributed by atoms with E-state index in [1.165, 1.54) is 18.2 Å². The van der Waals surface area contributed by atoms with Gasteiger partial charge in [-0.2, -0.15) is 0 Å². The van der Waals surface area contributed by atoms with E-state index in [0.29, 0.717) is 23.7 Å². The standard InChI is InChI=1S/C19H22Cl2N2O3S/c1-4-18(19(24)22-12-14-8-6-5-7-13(14)2)23(27(3,25)26)15-9-10-16(20)17(21)11-15/h5-11,18H,4,12H2,1-3H3,(H,22,24). The second-order valence-corrected chi connectivity index (χ2v) is 8.90. The van der Waals surface area contributed by atoms with E-state index in [-0.39, 0.29) is 10.9 Å². The second kappa shape index (κ2) is 8.95. The second-order valence-electron chi connectivity index (χ2n) is 6.23. The lowest BCUT2D eigenvalue weighted by Crippen LogP contribution is -2.49. The number of carbonyl (C=O) groups is 1. The van der Waals surface area contributed by atoms with E-state index in [1.54, 1.807) is 6.92 Å². The van der Waals surface area contributed by atoms with Gasteiger partial charge in [0.1, 0.15) is 6.04 Å². The van der Waals surface area contributed by atoms with Gasteiger partial charge in [-0.05, 0) is 42.7 Å². The van der Waals surface area contributed by atoms with Crippen molar-refractivity contribution in [2.24, 2.45) is 0 Å². The van der Waals surface area contributed by atoms with E-state index >= 15 is 0 Å². The Balaban J connectivity index is 2.30. The molecule has 0 spiro atoms. The molecule has 0 fully saturated rings. The van der Waals surface area contributed by atoms with Crippen LogP contribution in [0.15, 0.2) is 42.5 Å². The SMILES string of the molecule is CCC(C(=O)NCc1ccccc1C)N(c1ccc(Cl)c(Cl)c1)S(C)(=O)=O. The van der Waals surface area contributed by atoms with Crippen molar-refractivity contribution >= 4 is 44.8 Å². The van der Waals surface area contributed by atoms with E-state index < -0.39 is 16.1 Å². The molecule has 2 rings (SSSR count). The summed E-state index contributed by atoms with van der Waals surface area (Å²) in [5.74, 6) is -0.378. The minimum absolute atomic E-state index is 0.220. The Morgan fingerprint density at radius 1 is 1.15 bits per heavy atom. The molecule has 146 valence electrons. The van der Waals surface area contributed by atoms with Crippen molar-refractivity contribution in [2.45, 2.75) is 32.9 Å². The number of anilines is 1. The molecule has 0 aliphatic rings. The van der Waals surface area contributed by atoms with Gasteiger partial charge in [0.05, 0.1) is 22.0 Å². The van der Waals surface area contributed by atoms with Crippen LogP contribution in [0.2, 0.25) is 10.0 Å². The quantitative estimate of drug-likeness (QED) is 0.719. The fourth-order valence-corrected chi connectivity index (χ4v) is 4.29. The summed E-state index contributed by atoms with van der Waals surface area (Å²) in [4.78, 5) is 12.8. The molecule has 1 unspecified atom stereocenters. The number of aryl methyl sites for hydroxylation is 1. The smallest absolute Gasteiger partial charge is 0.244 e. The van der Waals surface area contributed by atoms with Crippen molar-refractivity contribution in [3.05, 3.63) is 63.6 Å². The van der Waals surface area contributed by atoms with Crippen LogP contribution in [0.4, 0.5) is 5.69 Å². The number of sulfonamides is 1. The van der Waals surface area contributed by atoms with Crippen LogP contribution in [-0.4, -0.2) is 26.6 Å². The molecule has 0 saturated carbocycles. The summed E-state index contributed by atoms with van der Waals surface area (Å²) in [6, 6.07) is 11.3. The zero-order valence-electron chi connectivity index (χ0n) is 15.4. The molecule has 1 atom stereocenters. The molecule has 0 aliphatic carbocycles. The summed E-state index contributed by atoms with van der Waals surface area (Å²) in [6.07, 6.45) is 1.36. The lowest BCUT2D eigenvalue weighted by atomic mass is 10.1. The molecule has 2 aromatic carbocycles. The zero-order valence-corrected chi connectivity index (χ0v) is 17.7. The van der Waals surface area contributed by atoms with Gasteiger partial charge in [-0.15, -0.1) is 0 Å². The number of amides is 1. The number of nitrogens with zero attached hydrogens (tertiary/aromatic N) is 1. The van der Waals surface area contributed by atoms with Gasteiger partial charge in [0.2, 0.25) is 15.9 Å². The minimum atomic E-state index is -3.72. The number of benzene rings is 2. The number of carbonyl (C=O) groups excluding carboxylic acids is 1. The summed E-state index contributed by atoms with van der Waals surface area (Å²) in [5.41, 5.74) is 2.32. The third-order valence-electron chi connectivity index (χ3n) is 4.20. The van der Waals surface area contributed by atoms with Gasteiger partial charge in [0.15, 0.2) is 0 Å². The number of nitrogens with one attached hydrogen (secondary N) is 1. The zero-order chi connectivity index (χ0) is 20.2. The molecule has 0 aromatic heterocycles. The topological polar surface area (TPSA) is 66.5 Å². The van der Waals surface area contributed by atoms with Crippen molar-refractivity contribution in [2.75, 3.05) is 10.6 Å². The number of halogens is 2. The van der Waals surface area contributed by atoms with Crippen LogP contribution in [0.5, 0.6) is 0 Å². The van der Waals surface area contributed by atoms with Crippen LogP contribution in [0, 0.1) is 6.92 Å². The third kappa shape index (κ3) is 5.37. The summed E-state index contributed by atoms with van der Waals surface area (Å²) in [5, 5.41) is 3.37. The van der Waals surface area contributed by atoms with Gasteiger partial charge < -0.3 is 5.32 Å². The maximum absolute atomic E-state index is 12.8. The normalized spacial score (nSPS) is 12.5. The molecule has 8 heteroatoms. The maximum Gasteiger partial charge on any atom is 0.244 e. The predicted octanol–water partition coefficient (Wildman–Crippen LogP) is 4.16. The molecule has 0 bridgehead atoms. The third-order valence-corrected chi connectivity index (χ3v) is 6.12. The lowest BCUT2D eigenvalue weighted by molar-refractivity contribution is -0.122. The summed E-state index contributed by atoms with van der Waals surface area (Å²) in [6.45, 7) is 4.03. The highest BCUT2D eigenvalue weighted by Crippen LogP contribution is 2.30. The van der Waals surface area contributed by atoms with Crippen molar-refractivity contribution in [1.82, 2.24) is 5.32 Å². The monoisotopic (exact) mass is 428 g/mol. The van der Waals surface area contributed by atoms with Gasteiger partial charge >= 0.3 is 0 Å². The van der Waals surface area contributed by atoms with Crippen molar-refractivity contribution in [3.63, 3.8) is 0 Å². The summed E-state index contributed by atoms with van der Waals surface area (Å²) >= 11 is 12.0. The van der Waals surface area contributed by atoms with Gasteiger partial charge in [-0.25, -0.2) is 8.42 Å². The predicted molar refractivity (Wildman–Crippen MR) is 111 cm³/mol. The Kier molecular flexibility index (Phi) is 7.14. The van der Waals surface area contributed by atoms with Gasteiger partial charge in [-0.3, -0.25) is 9.10 Å². The Morgan fingerprint density at radius 2 is 1.81 bits per heavy atom. The summed E-state index contributed by atoms with van der Waals surface area (Å²) in [7, 11) is -3.72. The molecule has 27 heavy (non-hydrogen) atoms. The molecule has 5 nitrogen and oxygen atoms in total. The van der Waals surface area contributed by atoms with E-state index in [1.807, 2.05) is 31.2 Å². The van der Waals surface area contributed by atoms with Gasteiger partial charge in [0.25, 0.3) is 0 Å². The minimum Gasteiger partial charge on any atom is -0.350 e. The Morgan fingerprint density at radius 3 is 2.37 bits per heavy atom. The highest BCUT2D eigenvalue weighted by atomic mass is 35.5. The van der Waals surface area contributed by atoms with Crippen LogP contribution >= 0.6 is 23.2 Å². The van der Waals surface area contributed by atoms with Crippen LogP contribution < -0.4 is 9.62 Å². The summed E-state index contributed by atoms with van der Waals surface area (Å²) < 4.78 is 25.9. The van der Waals surface area contributed by atoms with E-state index in [9.17, 15) is 13.2 Å². The number of hydrogen-bond donors (Lipinski definition) is 1. The van der Waals surface area contributed by atoms with Crippen molar-refractivity contribution in [1.29, 1.82) is 0 Å². The largest absolute Gasteiger partial charge is 0.350 e. The number of hydrogen-bond acceptors (Lipinski definition) is 3. The van der Waals surface area contributed by atoms with E-state index in [4.69, 9.17) is 23.2 Å². The molecule has 0 aliphatic heterocycles. The Bertz CT molecular complexity index is 932. The fraction of sp³-hybridized carbons (Fsp3) is 0.316. The average molecular weight is 429 g/mol. The van der Waals surface area contributed by atoms with Crippen LogP contribution in [-0.2, 0) is 21.4 Å². The molecule has 0 heterocycles. The molecule has 1 amide bonds. The van der Waals surface area contributed by atoms with Crippen molar-refractivity contribution in [3.8, 4) is 0 Å². The molecule has 0 radical (unpaired) electrons. The first-order chi connectivity index (χ1) is 12.6.